The summed E-state index contributed by atoms with van der Waals surface area (Å²) in [6, 6.07) is 0.0393. The Labute approximate surface area is 82.3 Å². The maximum Gasteiger partial charge on any atom is 0.240 e. The molecule has 76 valence electrons. The molecule has 0 saturated heterocycles. The first-order chi connectivity index (χ1) is 6.68. The van der Waals surface area contributed by atoms with Gasteiger partial charge >= 0.3 is 0 Å². The molecule has 1 aromatic rings. The summed E-state index contributed by atoms with van der Waals surface area (Å²) in [5.41, 5.74) is 6.15. The topological polar surface area (TPSA) is 72.9 Å². The standard InChI is InChI=1S/C9H14N4O/c1-13-5-11-4-7(13)8(9(10)14)12-6-2-3-6/h4-6,8,12H,2-3H2,1H3,(H2,10,14). The summed E-state index contributed by atoms with van der Waals surface area (Å²) < 4.78 is 1.81. The van der Waals surface area contributed by atoms with Crippen molar-refractivity contribution in [2.24, 2.45) is 12.8 Å². The highest BCUT2D eigenvalue weighted by Gasteiger charge is 2.29. The smallest absolute Gasteiger partial charge is 0.240 e. The highest BCUT2D eigenvalue weighted by atomic mass is 16.1. The van der Waals surface area contributed by atoms with Crippen molar-refractivity contribution in [1.29, 1.82) is 0 Å². The van der Waals surface area contributed by atoms with Gasteiger partial charge in [0.1, 0.15) is 6.04 Å². The first-order valence-corrected chi connectivity index (χ1v) is 4.70. The Morgan fingerprint density at radius 1 is 1.79 bits per heavy atom. The van der Waals surface area contributed by atoms with Crippen molar-refractivity contribution in [3.05, 3.63) is 18.2 Å². The third-order valence-electron chi connectivity index (χ3n) is 2.41. The first kappa shape index (κ1) is 9.21. The van der Waals surface area contributed by atoms with Gasteiger partial charge in [-0.25, -0.2) is 4.98 Å². The summed E-state index contributed by atoms with van der Waals surface area (Å²) >= 11 is 0. The van der Waals surface area contributed by atoms with Gasteiger partial charge in [-0.1, -0.05) is 0 Å². The molecule has 1 aliphatic carbocycles. The van der Waals surface area contributed by atoms with E-state index in [4.69, 9.17) is 5.73 Å². The number of rotatable bonds is 4. The van der Waals surface area contributed by atoms with Gasteiger partial charge in [0.05, 0.1) is 18.2 Å². The second-order valence-corrected chi connectivity index (χ2v) is 3.71. The van der Waals surface area contributed by atoms with Crippen LogP contribution in [0.15, 0.2) is 12.5 Å². The number of nitrogens with one attached hydrogen (secondary N) is 1. The molecule has 0 aromatic carbocycles. The summed E-state index contributed by atoms with van der Waals surface area (Å²) in [6.45, 7) is 0. The number of amides is 1. The predicted molar refractivity (Wildman–Crippen MR) is 51.3 cm³/mol. The lowest BCUT2D eigenvalue weighted by Crippen LogP contribution is -2.36. The van der Waals surface area contributed by atoms with Crippen molar-refractivity contribution < 1.29 is 4.79 Å². The maximum absolute atomic E-state index is 11.2. The molecule has 1 unspecified atom stereocenters. The number of aromatic nitrogens is 2. The molecule has 0 aliphatic heterocycles. The number of carbonyl (C=O) groups excluding carboxylic acids is 1. The summed E-state index contributed by atoms with van der Waals surface area (Å²) in [6.07, 6.45) is 5.59. The minimum absolute atomic E-state index is 0.347. The highest BCUT2D eigenvalue weighted by molar-refractivity contribution is 5.81. The fraction of sp³-hybridized carbons (Fsp3) is 0.556. The molecule has 0 bridgehead atoms. The Kier molecular flexibility index (Phi) is 2.25. The summed E-state index contributed by atoms with van der Waals surface area (Å²) in [5, 5.41) is 3.20. The summed E-state index contributed by atoms with van der Waals surface area (Å²) in [7, 11) is 1.85. The Bertz CT molecular complexity index is 342. The lowest BCUT2D eigenvalue weighted by molar-refractivity contribution is -0.120. The minimum atomic E-state index is -0.407. The van der Waals surface area contributed by atoms with Gasteiger partial charge in [0.2, 0.25) is 5.91 Å². The zero-order valence-corrected chi connectivity index (χ0v) is 8.10. The number of nitrogens with two attached hydrogens (primary N) is 1. The van der Waals surface area contributed by atoms with E-state index in [0.717, 1.165) is 18.5 Å². The van der Waals surface area contributed by atoms with E-state index < -0.39 is 6.04 Å². The third-order valence-corrected chi connectivity index (χ3v) is 2.41. The van der Waals surface area contributed by atoms with Crippen LogP contribution in [0.25, 0.3) is 0 Å². The van der Waals surface area contributed by atoms with Crippen molar-refractivity contribution in [2.45, 2.75) is 24.9 Å². The molecule has 1 fully saturated rings. The van der Waals surface area contributed by atoms with Gasteiger partial charge in [0, 0.05) is 13.1 Å². The molecule has 1 aromatic heterocycles. The van der Waals surface area contributed by atoms with E-state index in [0.29, 0.717) is 6.04 Å². The van der Waals surface area contributed by atoms with Crippen LogP contribution in [0, 0.1) is 0 Å². The molecular formula is C9H14N4O. The van der Waals surface area contributed by atoms with E-state index in [1.54, 1.807) is 12.5 Å². The summed E-state index contributed by atoms with van der Waals surface area (Å²) in [4.78, 5) is 15.2. The number of primary amides is 1. The van der Waals surface area contributed by atoms with Crippen LogP contribution in [-0.4, -0.2) is 21.5 Å². The van der Waals surface area contributed by atoms with E-state index in [1.165, 1.54) is 0 Å². The number of carbonyl (C=O) groups is 1. The normalized spacial score (nSPS) is 18.1. The molecule has 5 nitrogen and oxygen atoms in total. The zero-order chi connectivity index (χ0) is 10.1. The van der Waals surface area contributed by atoms with E-state index in [2.05, 4.69) is 10.3 Å². The molecule has 1 heterocycles. The molecule has 2 rings (SSSR count). The van der Waals surface area contributed by atoms with Crippen molar-refractivity contribution in [3.8, 4) is 0 Å². The molecule has 0 radical (unpaired) electrons. The van der Waals surface area contributed by atoms with E-state index in [9.17, 15) is 4.79 Å². The second kappa shape index (κ2) is 3.42. The van der Waals surface area contributed by atoms with Crippen LogP contribution in [0.5, 0.6) is 0 Å². The van der Waals surface area contributed by atoms with Gasteiger partial charge < -0.3 is 10.3 Å². The van der Waals surface area contributed by atoms with Crippen LogP contribution in [-0.2, 0) is 11.8 Å². The van der Waals surface area contributed by atoms with Gasteiger partial charge in [0.15, 0.2) is 0 Å². The van der Waals surface area contributed by atoms with Crippen molar-refractivity contribution in [2.75, 3.05) is 0 Å². The monoisotopic (exact) mass is 194 g/mol. The van der Waals surface area contributed by atoms with Crippen LogP contribution in [0.2, 0.25) is 0 Å². The van der Waals surface area contributed by atoms with Gasteiger partial charge in [-0.2, -0.15) is 0 Å². The van der Waals surface area contributed by atoms with Gasteiger partial charge in [-0.3, -0.25) is 10.1 Å². The molecule has 14 heavy (non-hydrogen) atoms. The Morgan fingerprint density at radius 3 is 2.93 bits per heavy atom. The van der Waals surface area contributed by atoms with Crippen LogP contribution in [0.3, 0.4) is 0 Å². The third kappa shape index (κ3) is 1.77. The quantitative estimate of drug-likeness (QED) is 0.691. The molecular weight excluding hydrogens is 180 g/mol. The first-order valence-electron chi connectivity index (χ1n) is 4.70. The van der Waals surface area contributed by atoms with Gasteiger partial charge in [-0.05, 0) is 12.8 Å². The molecule has 3 N–H and O–H groups in total. The highest BCUT2D eigenvalue weighted by Crippen LogP contribution is 2.23. The molecule has 1 atom stereocenters. The fourth-order valence-electron chi connectivity index (χ4n) is 1.44. The van der Waals surface area contributed by atoms with Crippen LogP contribution in [0.4, 0.5) is 0 Å². The van der Waals surface area contributed by atoms with Crippen molar-refractivity contribution in [1.82, 2.24) is 14.9 Å². The fourth-order valence-corrected chi connectivity index (χ4v) is 1.44. The molecule has 5 heteroatoms. The second-order valence-electron chi connectivity index (χ2n) is 3.71. The number of nitrogens with zero attached hydrogens (tertiary/aromatic N) is 2. The SMILES string of the molecule is Cn1cncc1C(NC1CC1)C(N)=O. The summed E-state index contributed by atoms with van der Waals surface area (Å²) in [5.74, 6) is -0.347. The molecule has 1 aliphatic rings. The largest absolute Gasteiger partial charge is 0.368 e. The van der Waals surface area contributed by atoms with E-state index in [1.807, 2.05) is 11.6 Å². The zero-order valence-electron chi connectivity index (χ0n) is 8.10. The Hall–Kier alpha value is -1.36. The average Bonchev–Trinajstić information content (AvgIpc) is 2.85. The van der Waals surface area contributed by atoms with Crippen molar-refractivity contribution >= 4 is 5.91 Å². The van der Waals surface area contributed by atoms with Crippen LogP contribution >= 0.6 is 0 Å². The maximum atomic E-state index is 11.2. The predicted octanol–water partition coefficient (Wildman–Crippen LogP) is -0.302. The van der Waals surface area contributed by atoms with E-state index in [-0.39, 0.29) is 5.91 Å². The number of imidazole rings is 1. The van der Waals surface area contributed by atoms with Crippen LogP contribution < -0.4 is 11.1 Å². The minimum Gasteiger partial charge on any atom is -0.368 e. The molecule has 1 amide bonds. The Morgan fingerprint density at radius 2 is 2.50 bits per heavy atom. The molecule has 1 saturated carbocycles. The van der Waals surface area contributed by atoms with E-state index >= 15 is 0 Å². The van der Waals surface area contributed by atoms with Crippen molar-refractivity contribution in [3.63, 3.8) is 0 Å². The Balaban J connectivity index is 2.16. The average molecular weight is 194 g/mol. The lowest BCUT2D eigenvalue weighted by atomic mass is 10.2. The van der Waals surface area contributed by atoms with Gasteiger partial charge in [0.25, 0.3) is 0 Å². The number of aryl methyl sites for hydroxylation is 1. The number of hydrogen-bond acceptors (Lipinski definition) is 3. The molecule has 0 spiro atoms. The number of hydrogen-bond donors (Lipinski definition) is 2. The van der Waals surface area contributed by atoms with Gasteiger partial charge in [-0.15, -0.1) is 0 Å². The lowest BCUT2D eigenvalue weighted by Gasteiger charge is -2.14. The van der Waals surface area contributed by atoms with Crippen LogP contribution in [0.1, 0.15) is 24.6 Å².